The van der Waals surface area contributed by atoms with Crippen LogP contribution >= 0.6 is 11.3 Å². The summed E-state index contributed by atoms with van der Waals surface area (Å²) in [5, 5.41) is 20.5. The zero-order valence-electron chi connectivity index (χ0n) is 12.3. The third-order valence-corrected chi connectivity index (χ3v) is 4.02. The van der Waals surface area contributed by atoms with Crippen LogP contribution in [0.3, 0.4) is 0 Å². The van der Waals surface area contributed by atoms with Crippen LogP contribution in [-0.2, 0) is 10.2 Å². The Labute approximate surface area is 128 Å². The lowest BCUT2D eigenvalue weighted by atomic mass is 9.85. The second kappa shape index (κ2) is 5.74. The Hall–Kier alpha value is -2.07. The lowest BCUT2D eigenvalue weighted by molar-refractivity contribution is -0.131. The first kappa shape index (κ1) is 15.3. The van der Waals surface area contributed by atoms with E-state index in [-0.39, 0.29) is 11.2 Å². The minimum atomic E-state index is -0.961. The SMILES string of the molecule is CC(C)(C)c1cc(O)cc(-c2csc(/C=C/C(=O)O)c2)c1. The van der Waals surface area contributed by atoms with Crippen LogP contribution in [0.4, 0.5) is 0 Å². The van der Waals surface area contributed by atoms with Crippen LogP contribution in [0.25, 0.3) is 17.2 Å². The molecule has 21 heavy (non-hydrogen) atoms. The van der Waals surface area contributed by atoms with Gasteiger partial charge in [-0.3, -0.25) is 0 Å². The number of benzene rings is 1. The van der Waals surface area contributed by atoms with Crippen LogP contribution in [0.5, 0.6) is 5.75 Å². The third-order valence-electron chi connectivity index (χ3n) is 3.13. The summed E-state index contributed by atoms with van der Waals surface area (Å²) in [4.78, 5) is 11.4. The van der Waals surface area contributed by atoms with Crippen molar-refractivity contribution in [2.24, 2.45) is 0 Å². The number of carboxylic acid groups (broad SMARTS) is 1. The van der Waals surface area contributed by atoms with E-state index in [1.54, 1.807) is 18.2 Å². The second-order valence-corrected chi connectivity index (χ2v) is 6.87. The van der Waals surface area contributed by atoms with Crippen LogP contribution in [0, 0.1) is 0 Å². The molecular weight excluding hydrogens is 284 g/mol. The van der Waals surface area contributed by atoms with Crippen molar-refractivity contribution >= 4 is 23.4 Å². The van der Waals surface area contributed by atoms with Gasteiger partial charge in [0.05, 0.1) is 0 Å². The predicted molar refractivity (Wildman–Crippen MR) is 86.8 cm³/mol. The van der Waals surface area contributed by atoms with Gasteiger partial charge in [0.1, 0.15) is 5.75 Å². The van der Waals surface area contributed by atoms with Gasteiger partial charge >= 0.3 is 5.97 Å². The Morgan fingerprint density at radius 2 is 1.86 bits per heavy atom. The van der Waals surface area contributed by atoms with Gasteiger partial charge in [-0.1, -0.05) is 26.8 Å². The van der Waals surface area contributed by atoms with Gasteiger partial charge in [0.15, 0.2) is 0 Å². The van der Waals surface area contributed by atoms with Crippen LogP contribution in [0.1, 0.15) is 31.2 Å². The fourth-order valence-electron chi connectivity index (χ4n) is 1.96. The molecule has 0 spiro atoms. The summed E-state index contributed by atoms with van der Waals surface area (Å²) in [6.45, 7) is 6.29. The van der Waals surface area contributed by atoms with Gasteiger partial charge in [-0.25, -0.2) is 4.79 Å². The first-order valence-corrected chi connectivity index (χ1v) is 7.48. The number of hydrogen-bond donors (Lipinski definition) is 2. The van der Waals surface area contributed by atoms with Crippen molar-refractivity contribution < 1.29 is 15.0 Å². The van der Waals surface area contributed by atoms with Gasteiger partial charge in [-0.05, 0) is 51.8 Å². The molecule has 2 aromatic rings. The van der Waals surface area contributed by atoms with Crippen LogP contribution in [0.15, 0.2) is 35.7 Å². The fourth-order valence-corrected chi connectivity index (χ4v) is 2.76. The van der Waals surface area contributed by atoms with Crippen LogP contribution in [-0.4, -0.2) is 16.2 Å². The lowest BCUT2D eigenvalue weighted by Crippen LogP contribution is -2.10. The van der Waals surface area contributed by atoms with Gasteiger partial charge in [0, 0.05) is 11.0 Å². The molecule has 0 atom stereocenters. The lowest BCUT2D eigenvalue weighted by Gasteiger charge is -2.20. The molecule has 0 unspecified atom stereocenters. The zero-order valence-corrected chi connectivity index (χ0v) is 13.1. The smallest absolute Gasteiger partial charge is 0.328 e. The predicted octanol–water partition coefficient (Wildman–Crippen LogP) is 4.52. The summed E-state index contributed by atoms with van der Waals surface area (Å²) in [7, 11) is 0. The molecule has 0 aliphatic heterocycles. The quantitative estimate of drug-likeness (QED) is 0.820. The van der Waals surface area contributed by atoms with Gasteiger partial charge in [0.2, 0.25) is 0 Å². The topological polar surface area (TPSA) is 57.5 Å². The van der Waals surface area contributed by atoms with E-state index >= 15 is 0 Å². The summed E-state index contributed by atoms with van der Waals surface area (Å²) in [6, 6.07) is 7.49. The molecule has 3 nitrogen and oxygen atoms in total. The van der Waals surface area contributed by atoms with E-state index in [4.69, 9.17) is 5.11 Å². The molecule has 2 rings (SSSR count). The first-order chi connectivity index (χ1) is 9.75. The van der Waals surface area contributed by atoms with Gasteiger partial charge in [-0.15, -0.1) is 11.3 Å². The molecule has 1 aromatic heterocycles. The molecule has 0 aliphatic rings. The molecule has 0 radical (unpaired) electrons. The summed E-state index contributed by atoms with van der Waals surface area (Å²) in [5.74, 6) is -0.719. The van der Waals surface area contributed by atoms with E-state index in [1.165, 1.54) is 11.3 Å². The highest BCUT2D eigenvalue weighted by atomic mass is 32.1. The van der Waals surface area contributed by atoms with Crippen molar-refractivity contribution in [3.8, 4) is 16.9 Å². The number of carbonyl (C=O) groups is 1. The molecule has 2 N–H and O–H groups in total. The molecule has 4 heteroatoms. The van der Waals surface area contributed by atoms with E-state index in [9.17, 15) is 9.90 Å². The Kier molecular flexibility index (Phi) is 4.19. The van der Waals surface area contributed by atoms with Crippen LogP contribution in [0.2, 0.25) is 0 Å². The summed E-state index contributed by atoms with van der Waals surface area (Å²) < 4.78 is 0. The Morgan fingerprint density at radius 1 is 1.14 bits per heavy atom. The zero-order chi connectivity index (χ0) is 15.6. The summed E-state index contributed by atoms with van der Waals surface area (Å²) >= 11 is 1.47. The summed E-state index contributed by atoms with van der Waals surface area (Å²) in [6.07, 6.45) is 2.70. The van der Waals surface area contributed by atoms with E-state index in [2.05, 4.69) is 26.8 Å². The maximum Gasteiger partial charge on any atom is 0.328 e. The highest BCUT2D eigenvalue weighted by Crippen LogP contribution is 2.33. The van der Waals surface area contributed by atoms with Crippen molar-refractivity contribution in [1.82, 2.24) is 0 Å². The van der Waals surface area contributed by atoms with Crippen LogP contribution < -0.4 is 0 Å². The Balaban J connectivity index is 2.39. The number of hydrogen-bond acceptors (Lipinski definition) is 3. The number of carboxylic acids is 1. The minimum absolute atomic E-state index is 0.0461. The van der Waals surface area contributed by atoms with E-state index in [0.29, 0.717) is 0 Å². The van der Waals surface area contributed by atoms with E-state index in [1.807, 2.05) is 11.4 Å². The van der Waals surface area contributed by atoms with Crippen molar-refractivity contribution in [2.45, 2.75) is 26.2 Å². The maximum absolute atomic E-state index is 10.5. The van der Waals surface area contributed by atoms with E-state index < -0.39 is 5.97 Å². The standard InChI is InChI=1S/C17H18O3S/c1-17(2,3)13-6-11(7-14(18)9-13)12-8-15(21-10-12)4-5-16(19)20/h4-10,18H,1-3H3,(H,19,20)/b5-4+. The monoisotopic (exact) mass is 302 g/mol. The average Bonchev–Trinajstić information content (AvgIpc) is 2.83. The fraction of sp³-hybridized carbons (Fsp3) is 0.235. The first-order valence-electron chi connectivity index (χ1n) is 6.60. The highest BCUT2D eigenvalue weighted by Gasteiger charge is 2.16. The molecule has 0 saturated carbocycles. The molecule has 110 valence electrons. The number of phenolic OH excluding ortho intramolecular Hbond substituents is 1. The Bertz CT molecular complexity index is 690. The van der Waals surface area contributed by atoms with Crippen molar-refractivity contribution in [3.63, 3.8) is 0 Å². The number of aromatic hydroxyl groups is 1. The third kappa shape index (κ3) is 3.95. The average molecular weight is 302 g/mol. The molecule has 0 aliphatic carbocycles. The molecular formula is C17H18O3S. The van der Waals surface area contributed by atoms with Gasteiger partial charge in [0.25, 0.3) is 0 Å². The largest absolute Gasteiger partial charge is 0.508 e. The number of aliphatic carboxylic acids is 1. The Morgan fingerprint density at radius 3 is 2.48 bits per heavy atom. The van der Waals surface area contributed by atoms with Crippen molar-refractivity contribution in [3.05, 3.63) is 46.2 Å². The van der Waals surface area contributed by atoms with Gasteiger partial charge < -0.3 is 10.2 Å². The normalized spacial score (nSPS) is 12.0. The number of rotatable bonds is 3. The number of thiophene rings is 1. The molecule has 0 amide bonds. The molecule has 0 fully saturated rings. The number of phenols is 1. The maximum atomic E-state index is 10.5. The molecule has 0 bridgehead atoms. The van der Waals surface area contributed by atoms with Crippen molar-refractivity contribution in [1.29, 1.82) is 0 Å². The van der Waals surface area contributed by atoms with E-state index in [0.717, 1.165) is 27.6 Å². The molecule has 1 heterocycles. The van der Waals surface area contributed by atoms with Crippen molar-refractivity contribution in [2.75, 3.05) is 0 Å². The second-order valence-electron chi connectivity index (χ2n) is 5.93. The molecule has 1 aromatic carbocycles. The highest BCUT2D eigenvalue weighted by molar-refractivity contribution is 7.11. The summed E-state index contributed by atoms with van der Waals surface area (Å²) in [5.41, 5.74) is 2.93. The van der Waals surface area contributed by atoms with Gasteiger partial charge in [-0.2, -0.15) is 0 Å². The minimum Gasteiger partial charge on any atom is -0.508 e. The molecule has 0 saturated heterocycles.